The molecule has 2 aliphatic rings. The smallest absolute Gasteiger partial charge is 0.225 e. The number of piperidine rings is 1. The Balaban J connectivity index is 1.37. The molecule has 0 amide bonds. The molecule has 0 saturated carbocycles. The molecule has 0 bridgehead atoms. The molecule has 25 heavy (non-hydrogen) atoms. The van der Waals surface area contributed by atoms with Crippen LogP contribution >= 0.6 is 0 Å². The number of pyridine rings is 1. The molecule has 2 aromatic heterocycles. The minimum absolute atomic E-state index is 0.151. The average Bonchev–Trinajstić information content (AvgIpc) is 2.66. The normalized spacial score (nSPS) is 20.8. The second-order valence-corrected chi connectivity index (χ2v) is 6.79. The fourth-order valence-corrected chi connectivity index (χ4v) is 3.66. The highest BCUT2D eigenvalue weighted by Gasteiger charge is 2.40. The molecule has 0 aliphatic carbocycles. The van der Waals surface area contributed by atoms with Crippen molar-refractivity contribution < 1.29 is 9.13 Å². The molecule has 0 radical (unpaired) electrons. The number of rotatable bonds is 3. The highest BCUT2D eigenvalue weighted by molar-refractivity contribution is 5.30. The predicted octanol–water partition coefficient (Wildman–Crippen LogP) is 1.88. The van der Waals surface area contributed by atoms with Gasteiger partial charge in [0.15, 0.2) is 5.82 Å². The fourth-order valence-electron chi connectivity index (χ4n) is 3.66. The Morgan fingerprint density at radius 1 is 1.12 bits per heavy atom. The van der Waals surface area contributed by atoms with E-state index in [1.165, 1.54) is 18.0 Å². The van der Waals surface area contributed by atoms with Crippen LogP contribution in [0.5, 0.6) is 0 Å². The summed E-state index contributed by atoms with van der Waals surface area (Å²) in [6.07, 6.45) is 8.13. The Morgan fingerprint density at radius 3 is 2.64 bits per heavy atom. The number of morpholine rings is 1. The Morgan fingerprint density at radius 2 is 1.92 bits per heavy atom. The lowest BCUT2D eigenvalue weighted by Crippen LogP contribution is -2.57. The first-order valence-corrected chi connectivity index (χ1v) is 8.70. The first kappa shape index (κ1) is 16.4. The van der Waals surface area contributed by atoms with Crippen molar-refractivity contribution in [2.75, 3.05) is 37.7 Å². The van der Waals surface area contributed by atoms with Gasteiger partial charge in [0.05, 0.1) is 31.1 Å². The van der Waals surface area contributed by atoms with Crippen molar-refractivity contribution >= 4 is 5.95 Å². The van der Waals surface area contributed by atoms with E-state index in [0.717, 1.165) is 45.6 Å². The lowest BCUT2D eigenvalue weighted by molar-refractivity contribution is -0.0924. The summed E-state index contributed by atoms with van der Waals surface area (Å²) < 4.78 is 19.2. The summed E-state index contributed by atoms with van der Waals surface area (Å²) >= 11 is 0. The largest absolute Gasteiger partial charge is 0.371 e. The van der Waals surface area contributed by atoms with Crippen LogP contribution < -0.4 is 4.90 Å². The van der Waals surface area contributed by atoms with Crippen LogP contribution in [0, 0.1) is 5.82 Å². The summed E-state index contributed by atoms with van der Waals surface area (Å²) in [5.41, 5.74) is 1.09. The third-order valence-electron chi connectivity index (χ3n) is 5.03. The molecular formula is C18H22FN5O. The van der Waals surface area contributed by atoms with Crippen molar-refractivity contribution in [2.45, 2.75) is 25.0 Å². The number of ether oxygens (including phenoxy) is 1. The number of nitrogens with zero attached hydrogens (tertiary/aromatic N) is 5. The zero-order valence-electron chi connectivity index (χ0n) is 14.1. The van der Waals surface area contributed by atoms with Crippen molar-refractivity contribution in [3.05, 3.63) is 48.3 Å². The van der Waals surface area contributed by atoms with Gasteiger partial charge in [-0.3, -0.25) is 9.88 Å². The molecule has 0 atom stereocenters. The summed E-state index contributed by atoms with van der Waals surface area (Å²) in [5.74, 6) is 0.178. The number of hydrogen-bond donors (Lipinski definition) is 0. The van der Waals surface area contributed by atoms with Crippen molar-refractivity contribution in [3.8, 4) is 0 Å². The van der Waals surface area contributed by atoms with Crippen LogP contribution in [0.2, 0.25) is 0 Å². The molecule has 7 heteroatoms. The summed E-state index contributed by atoms with van der Waals surface area (Å²) in [6.45, 7) is 5.07. The Labute approximate surface area is 146 Å². The van der Waals surface area contributed by atoms with Gasteiger partial charge in [0, 0.05) is 38.6 Å². The maximum atomic E-state index is 13.0. The second-order valence-electron chi connectivity index (χ2n) is 6.79. The zero-order chi connectivity index (χ0) is 17.1. The van der Waals surface area contributed by atoms with Gasteiger partial charge in [-0.1, -0.05) is 6.07 Å². The quantitative estimate of drug-likeness (QED) is 0.848. The predicted molar refractivity (Wildman–Crippen MR) is 91.6 cm³/mol. The third kappa shape index (κ3) is 3.77. The van der Waals surface area contributed by atoms with Crippen LogP contribution in [0.25, 0.3) is 0 Å². The molecule has 4 heterocycles. The van der Waals surface area contributed by atoms with E-state index >= 15 is 0 Å². The maximum absolute atomic E-state index is 13.0. The van der Waals surface area contributed by atoms with Crippen LogP contribution in [0.1, 0.15) is 18.4 Å². The lowest BCUT2D eigenvalue weighted by atomic mass is 9.89. The van der Waals surface area contributed by atoms with Gasteiger partial charge in [0.25, 0.3) is 0 Å². The Hall–Kier alpha value is -2.12. The fraction of sp³-hybridized carbons (Fsp3) is 0.500. The number of halogens is 1. The molecule has 0 N–H and O–H groups in total. The first-order valence-electron chi connectivity index (χ1n) is 8.70. The van der Waals surface area contributed by atoms with E-state index < -0.39 is 5.82 Å². The van der Waals surface area contributed by atoms with E-state index in [-0.39, 0.29) is 5.60 Å². The minimum atomic E-state index is -0.407. The van der Waals surface area contributed by atoms with Crippen LogP contribution in [-0.2, 0) is 11.3 Å². The highest BCUT2D eigenvalue weighted by atomic mass is 19.1. The van der Waals surface area contributed by atoms with Gasteiger partial charge < -0.3 is 9.64 Å². The van der Waals surface area contributed by atoms with E-state index in [1.807, 2.05) is 12.3 Å². The Bertz CT molecular complexity index is 688. The minimum Gasteiger partial charge on any atom is -0.371 e. The Kier molecular flexibility index (Phi) is 4.59. The third-order valence-corrected chi connectivity index (χ3v) is 5.03. The van der Waals surface area contributed by atoms with E-state index in [9.17, 15) is 4.39 Å². The van der Waals surface area contributed by atoms with Gasteiger partial charge in [-0.2, -0.15) is 0 Å². The summed E-state index contributed by atoms with van der Waals surface area (Å²) in [5, 5.41) is 0. The van der Waals surface area contributed by atoms with Gasteiger partial charge in [-0.25, -0.2) is 14.4 Å². The molecule has 2 saturated heterocycles. The van der Waals surface area contributed by atoms with Crippen LogP contribution in [0.15, 0.2) is 36.9 Å². The molecule has 2 aromatic rings. The van der Waals surface area contributed by atoms with Crippen molar-refractivity contribution in [1.29, 1.82) is 0 Å². The van der Waals surface area contributed by atoms with Crippen molar-refractivity contribution in [2.24, 2.45) is 0 Å². The number of aromatic nitrogens is 3. The first-order chi connectivity index (χ1) is 12.2. The van der Waals surface area contributed by atoms with Gasteiger partial charge in [0.2, 0.25) is 5.95 Å². The molecule has 1 spiro atoms. The molecule has 0 aromatic carbocycles. The number of likely N-dealkylation sites (tertiary alicyclic amines) is 1. The summed E-state index contributed by atoms with van der Waals surface area (Å²) in [7, 11) is 0. The van der Waals surface area contributed by atoms with Crippen LogP contribution in [0.3, 0.4) is 0 Å². The van der Waals surface area contributed by atoms with E-state index in [1.54, 1.807) is 6.20 Å². The van der Waals surface area contributed by atoms with Gasteiger partial charge in [-0.05, 0) is 24.5 Å². The molecule has 0 unspecified atom stereocenters. The average molecular weight is 343 g/mol. The van der Waals surface area contributed by atoms with Gasteiger partial charge >= 0.3 is 0 Å². The van der Waals surface area contributed by atoms with Crippen LogP contribution in [-0.4, -0.2) is 58.2 Å². The maximum Gasteiger partial charge on any atom is 0.225 e. The van der Waals surface area contributed by atoms with E-state index in [2.05, 4.69) is 30.8 Å². The molecule has 4 rings (SSSR count). The number of hydrogen-bond acceptors (Lipinski definition) is 6. The van der Waals surface area contributed by atoms with Crippen molar-refractivity contribution in [1.82, 2.24) is 19.9 Å². The summed E-state index contributed by atoms with van der Waals surface area (Å²) in [6, 6.07) is 4.09. The molecule has 6 nitrogen and oxygen atoms in total. The molecular weight excluding hydrogens is 321 g/mol. The van der Waals surface area contributed by atoms with Crippen LogP contribution in [0.4, 0.5) is 10.3 Å². The molecule has 2 fully saturated rings. The SMILES string of the molecule is Fc1cnc(N2CCOC3(CCN(Cc4cccnc4)CC3)C2)nc1. The van der Waals surface area contributed by atoms with Gasteiger partial charge in [-0.15, -0.1) is 0 Å². The monoisotopic (exact) mass is 343 g/mol. The number of anilines is 1. The second kappa shape index (κ2) is 7.01. The molecule has 2 aliphatic heterocycles. The van der Waals surface area contributed by atoms with E-state index in [0.29, 0.717) is 12.6 Å². The standard InChI is InChI=1S/C18H22FN5O/c19-16-11-21-17(22-12-16)24-8-9-25-18(14-24)3-6-23(7-4-18)13-15-2-1-5-20-10-15/h1-2,5,10-12H,3-4,6-9,13-14H2. The highest BCUT2D eigenvalue weighted by Crippen LogP contribution is 2.31. The van der Waals surface area contributed by atoms with Crippen molar-refractivity contribution in [3.63, 3.8) is 0 Å². The topological polar surface area (TPSA) is 54.4 Å². The zero-order valence-corrected chi connectivity index (χ0v) is 14.1. The summed E-state index contributed by atoms with van der Waals surface area (Å²) in [4.78, 5) is 17.0. The van der Waals surface area contributed by atoms with E-state index in [4.69, 9.17) is 4.74 Å². The van der Waals surface area contributed by atoms with Gasteiger partial charge in [0.1, 0.15) is 0 Å². The molecule has 132 valence electrons. The lowest BCUT2D eigenvalue weighted by Gasteiger charge is -2.47.